The summed E-state index contributed by atoms with van der Waals surface area (Å²) in [7, 11) is 0. The summed E-state index contributed by atoms with van der Waals surface area (Å²) in [6.07, 6.45) is 5.59. The number of allylic oxidation sites excluding steroid dienone is 3. The minimum absolute atomic E-state index is 0.0854. The Kier molecular flexibility index (Phi) is 8.42. The van der Waals surface area contributed by atoms with E-state index in [0.29, 0.717) is 6.54 Å². The van der Waals surface area contributed by atoms with Crippen LogP contribution in [-0.4, -0.2) is 18.7 Å². The second kappa shape index (κ2) is 10.8. The third-order valence-electron chi connectivity index (χ3n) is 5.30. The summed E-state index contributed by atoms with van der Waals surface area (Å²) in [5.74, 6) is 0. The predicted octanol–water partition coefficient (Wildman–Crippen LogP) is 4.62. The molecule has 1 atom stereocenters. The molecule has 28 heavy (non-hydrogen) atoms. The maximum Gasteiger partial charge on any atom is 0.407 e. The molecule has 5 nitrogen and oxygen atoms in total. The number of alkyl carbamates (subject to hydrolysis) is 1. The average Bonchev–Trinajstić information content (AvgIpc) is 2.67. The van der Waals surface area contributed by atoms with Crippen molar-refractivity contribution in [3.05, 3.63) is 52.2 Å². The van der Waals surface area contributed by atoms with Gasteiger partial charge in [-0.05, 0) is 74.1 Å². The zero-order valence-electron chi connectivity index (χ0n) is 17.5. The Morgan fingerprint density at radius 2 is 1.82 bits per heavy atom. The highest BCUT2D eigenvalue weighted by Crippen LogP contribution is 2.33. The highest BCUT2D eigenvalue weighted by molar-refractivity contribution is 5.70. The molecule has 1 aromatic carbocycles. The molecule has 1 aromatic rings. The van der Waals surface area contributed by atoms with Crippen molar-refractivity contribution in [3.8, 4) is 0 Å². The molecule has 0 bridgehead atoms. The molecule has 1 saturated carbocycles. The van der Waals surface area contributed by atoms with Gasteiger partial charge in [-0.2, -0.15) is 0 Å². The molecule has 0 aliphatic heterocycles. The van der Waals surface area contributed by atoms with E-state index in [0.717, 1.165) is 73.0 Å². The maximum atomic E-state index is 11.9. The molecule has 1 aliphatic carbocycles. The summed E-state index contributed by atoms with van der Waals surface area (Å²) in [5.41, 5.74) is 19.0. The zero-order chi connectivity index (χ0) is 20.5. The van der Waals surface area contributed by atoms with Crippen LogP contribution in [0.15, 0.2) is 41.1 Å². The molecule has 1 fully saturated rings. The second-order valence-corrected chi connectivity index (χ2v) is 7.49. The summed E-state index contributed by atoms with van der Waals surface area (Å²) >= 11 is 0. The molecular formula is C23H35N3O2. The van der Waals surface area contributed by atoms with Crippen molar-refractivity contribution in [1.29, 1.82) is 0 Å². The first kappa shape index (κ1) is 21.9. The number of amides is 1. The lowest BCUT2D eigenvalue weighted by atomic mass is 9.86. The van der Waals surface area contributed by atoms with E-state index in [2.05, 4.69) is 36.5 Å². The fraction of sp³-hybridized carbons (Fsp3) is 0.522. The second-order valence-electron chi connectivity index (χ2n) is 7.49. The standard InChI is InChI=1S/C23H35N3O2/c1-4-15-26-23(27)28-19-7-6-8-21(20(14-13-19)16(3)24)22(25)18-11-9-17(5-2)10-12-18/h9-12,19H,4-8,13-15,24-25H2,1-3H3,(H,26,27)/b20-16-,22-21-. The van der Waals surface area contributed by atoms with Gasteiger partial charge in [0.2, 0.25) is 0 Å². The fourth-order valence-electron chi connectivity index (χ4n) is 3.62. The summed E-state index contributed by atoms with van der Waals surface area (Å²) in [4.78, 5) is 11.9. The molecule has 5 heteroatoms. The van der Waals surface area contributed by atoms with Crippen molar-refractivity contribution in [2.24, 2.45) is 11.5 Å². The lowest BCUT2D eigenvalue weighted by Gasteiger charge is -2.25. The van der Waals surface area contributed by atoms with Crippen LogP contribution in [0.1, 0.15) is 70.4 Å². The van der Waals surface area contributed by atoms with Crippen LogP contribution in [0.5, 0.6) is 0 Å². The minimum Gasteiger partial charge on any atom is -0.446 e. The van der Waals surface area contributed by atoms with Gasteiger partial charge in [-0.15, -0.1) is 0 Å². The maximum absolute atomic E-state index is 11.9. The molecule has 1 unspecified atom stereocenters. The first-order chi connectivity index (χ1) is 13.5. The van der Waals surface area contributed by atoms with Crippen LogP contribution in [0.4, 0.5) is 4.79 Å². The van der Waals surface area contributed by atoms with Crippen LogP contribution in [0, 0.1) is 0 Å². The van der Waals surface area contributed by atoms with Gasteiger partial charge in [-0.3, -0.25) is 0 Å². The lowest BCUT2D eigenvalue weighted by molar-refractivity contribution is 0.0856. The monoisotopic (exact) mass is 385 g/mol. The topological polar surface area (TPSA) is 90.4 Å². The average molecular weight is 386 g/mol. The van der Waals surface area contributed by atoms with Crippen molar-refractivity contribution >= 4 is 11.8 Å². The number of rotatable bonds is 5. The lowest BCUT2D eigenvalue weighted by Crippen LogP contribution is -2.30. The summed E-state index contributed by atoms with van der Waals surface area (Å²) < 4.78 is 5.60. The quantitative estimate of drug-likeness (QED) is 0.690. The number of nitrogens with two attached hydrogens (primary N) is 2. The third kappa shape index (κ3) is 6.04. The molecule has 0 heterocycles. The number of nitrogens with one attached hydrogen (secondary N) is 1. The summed E-state index contributed by atoms with van der Waals surface area (Å²) in [6.45, 7) is 6.73. The van der Waals surface area contributed by atoms with E-state index in [9.17, 15) is 4.79 Å². The Balaban J connectivity index is 2.17. The van der Waals surface area contributed by atoms with Gasteiger partial charge in [0.25, 0.3) is 0 Å². The van der Waals surface area contributed by atoms with Gasteiger partial charge in [-0.1, -0.05) is 38.1 Å². The highest BCUT2D eigenvalue weighted by atomic mass is 16.6. The van der Waals surface area contributed by atoms with Crippen molar-refractivity contribution in [2.45, 2.75) is 71.8 Å². The van der Waals surface area contributed by atoms with Crippen molar-refractivity contribution < 1.29 is 9.53 Å². The van der Waals surface area contributed by atoms with Crippen molar-refractivity contribution in [1.82, 2.24) is 5.32 Å². The molecule has 0 saturated heterocycles. The SMILES string of the molecule is CCCNC(=O)OC1CCCC(=C(/N)c2ccc(CC)cc2)/C(=C(/C)N)CC1. The summed E-state index contributed by atoms with van der Waals surface area (Å²) in [5, 5.41) is 2.78. The number of ether oxygens (including phenoxy) is 1. The van der Waals surface area contributed by atoms with E-state index in [1.54, 1.807) is 0 Å². The van der Waals surface area contributed by atoms with Gasteiger partial charge in [0.1, 0.15) is 6.10 Å². The molecule has 0 spiro atoms. The number of aryl methyl sites for hydroxylation is 1. The first-order valence-electron chi connectivity index (χ1n) is 10.4. The Hall–Kier alpha value is -2.43. The van der Waals surface area contributed by atoms with Crippen molar-refractivity contribution in [2.75, 3.05) is 6.54 Å². The molecule has 1 aliphatic rings. The van der Waals surface area contributed by atoms with Gasteiger partial charge in [0.05, 0.1) is 0 Å². The molecule has 2 rings (SSSR count). The molecule has 5 N–H and O–H groups in total. The predicted molar refractivity (Wildman–Crippen MR) is 115 cm³/mol. The highest BCUT2D eigenvalue weighted by Gasteiger charge is 2.22. The van der Waals surface area contributed by atoms with Crippen LogP contribution in [-0.2, 0) is 11.2 Å². The molecule has 154 valence electrons. The Morgan fingerprint density at radius 1 is 1.11 bits per heavy atom. The number of carbonyl (C=O) groups is 1. The van der Waals surface area contributed by atoms with Crippen LogP contribution in [0.2, 0.25) is 0 Å². The van der Waals surface area contributed by atoms with Crippen molar-refractivity contribution in [3.63, 3.8) is 0 Å². The van der Waals surface area contributed by atoms with E-state index >= 15 is 0 Å². The molecule has 1 amide bonds. The van der Waals surface area contributed by atoms with Gasteiger partial charge < -0.3 is 21.5 Å². The Morgan fingerprint density at radius 3 is 2.43 bits per heavy atom. The smallest absolute Gasteiger partial charge is 0.407 e. The largest absolute Gasteiger partial charge is 0.446 e. The Bertz CT molecular complexity index is 716. The zero-order valence-corrected chi connectivity index (χ0v) is 17.5. The van der Waals surface area contributed by atoms with Gasteiger partial charge >= 0.3 is 6.09 Å². The Labute approximate surface area is 169 Å². The number of hydrogen-bond acceptors (Lipinski definition) is 4. The van der Waals surface area contributed by atoms with Crippen LogP contribution in [0.25, 0.3) is 5.70 Å². The number of benzene rings is 1. The fourth-order valence-corrected chi connectivity index (χ4v) is 3.62. The molecule has 0 aromatic heterocycles. The normalized spacial score (nSPS) is 21.3. The molecule has 0 radical (unpaired) electrons. The van der Waals surface area contributed by atoms with E-state index in [-0.39, 0.29) is 12.2 Å². The molecular weight excluding hydrogens is 350 g/mol. The number of carbonyl (C=O) groups excluding carboxylic acids is 1. The van der Waals surface area contributed by atoms with Crippen LogP contribution in [0.3, 0.4) is 0 Å². The van der Waals surface area contributed by atoms with E-state index in [1.165, 1.54) is 5.56 Å². The summed E-state index contributed by atoms with van der Waals surface area (Å²) in [6, 6.07) is 8.44. The van der Waals surface area contributed by atoms with Gasteiger partial charge in [0.15, 0.2) is 0 Å². The van der Waals surface area contributed by atoms with Gasteiger partial charge in [-0.25, -0.2) is 4.79 Å². The van der Waals surface area contributed by atoms with E-state index < -0.39 is 0 Å². The number of hydrogen-bond donors (Lipinski definition) is 3. The van der Waals surface area contributed by atoms with Crippen LogP contribution < -0.4 is 16.8 Å². The third-order valence-corrected chi connectivity index (χ3v) is 5.30. The van der Waals surface area contributed by atoms with E-state index in [1.807, 2.05) is 13.8 Å². The minimum atomic E-state index is -0.325. The van der Waals surface area contributed by atoms with E-state index in [4.69, 9.17) is 16.2 Å². The first-order valence-corrected chi connectivity index (χ1v) is 10.4. The van der Waals surface area contributed by atoms with Crippen LogP contribution >= 0.6 is 0 Å². The van der Waals surface area contributed by atoms with Gasteiger partial charge in [0, 0.05) is 17.9 Å².